The summed E-state index contributed by atoms with van der Waals surface area (Å²) in [6.45, 7) is 5.34. The molecule has 3 heteroatoms. The fourth-order valence-corrected chi connectivity index (χ4v) is 2.17. The van der Waals surface area contributed by atoms with Gasteiger partial charge in [-0.3, -0.25) is 0 Å². The second kappa shape index (κ2) is 7.00. The summed E-state index contributed by atoms with van der Waals surface area (Å²) < 4.78 is 0. The van der Waals surface area contributed by atoms with Crippen molar-refractivity contribution < 1.29 is 0 Å². The first-order valence-corrected chi connectivity index (χ1v) is 6.92. The lowest BCUT2D eigenvalue weighted by atomic mass is 9.98. The number of aryl methyl sites for hydroxylation is 1. The zero-order chi connectivity index (χ0) is 13.5. The Balaban J connectivity index is 2.31. The predicted molar refractivity (Wildman–Crippen MR) is 78.0 cm³/mol. The van der Waals surface area contributed by atoms with Crippen molar-refractivity contribution in [1.82, 2.24) is 15.3 Å². The van der Waals surface area contributed by atoms with Crippen LogP contribution in [0.25, 0.3) is 0 Å². The molecule has 3 nitrogen and oxygen atoms in total. The maximum Gasteiger partial charge on any atom is 0.115 e. The number of hydrogen-bond donors (Lipinski definition) is 1. The highest BCUT2D eigenvalue weighted by Gasteiger charge is 2.13. The van der Waals surface area contributed by atoms with Crippen LogP contribution in [0.5, 0.6) is 0 Å². The molecular weight excluding hydrogens is 234 g/mol. The molecule has 0 fully saturated rings. The summed E-state index contributed by atoms with van der Waals surface area (Å²) >= 11 is 0. The molecule has 1 unspecified atom stereocenters. The van der Waals surface area contributed by atoms with E-state index in [9.17, 15) is 0 Å². The van der Waals surface area contributed by atoms with Crippen LogP contribution < -0.4 is 5.32 Å². The molecule has 0 bridgehead atoms. The molecule has 2 rings (SSSR count). The summed E-state index contributed by atoms with van der Waals surface area (Å²) in [6.07, 6.45) is 7.51. The van der Waals surface area contributed by atoms with Gasteiger partial charge in [0.05, 0.1) is 6.04 Å². The average molecular weight is 255 g/mol. The molecule has 2 aromatic rings. The van der Waals surface area contributed by atoms with E-state index in [1.165, 1.54) is 11.1 Å². The molecule has 0 aliphatic rings. The highest BCUT2D eigenvalue weighted by Crippen LogP contribution is 2.22. The van der Waals surface area contributed by atoms with E-state index in [1.54, 1.807) is 6.33 Å². The van der Waals surface area contributed by atoms with Gasteiger partial charge in [0.25, 0.3) is 0 Å². The van der Waals surface area contributed by atoms with E-state index >= 15 is 0 Å². The highest BCUT2D eigenvalue weighted by molar-refractivity contribution is 5.32. The molecule has 19 heavy (non-hydrogen) atoms. The summed E-state index contributed by atoms with van der Waals surface area (Å²) in [4.78, 5) is 8.26. The maximum absolute atomic E-state index is 4.13. The number of rotatable bonds is 6. The fraction of sp³-hybridized carbons (Fsp3) is 0.375. The fourth-order valence-electron chi connectivity index (χ4n) is 2.17. The van der Waals surface area contributed by atoms with Crippen molar-refractivity contribution in [2.75, 3.05) is 6.54 Å². The minimum absolute atomic E-state index is 0.174. The van der Waals surface area contributed by atoms with Crippen molar-refractivity contribution in [2.45, 2.75) is 32.7 Å². The Bertz CT molecular complexity index is 496. The van der Waals surface area contributed by atoms with Crippen LogP contribution in [-0.4, -0.2) is 16.5 Å². The van der Waals surface area contributed by atoms with E-state index < -0.39 is 0 Å². The number of aromatic nitrogens is 2. The van der Waals surface area contributed by atoms with Crippen LogP contribution in [-0.2, 0) is 6.42 Å². The maximum atomic E-state index is 4.13. The van der Waals surface area contributed by atoms with Crippen molar-refractivity contribution >= 4 is 0 Å². The van der Waals surface area contributed by atoms with Gasteiger partial charge in [-0.05, 0) is 30.5 Å². The molecule has 100 valence electrons. The molecule has 1 aromatic heterocycles. The second-order valence-electron chi connectivity index (χ2n) is 4.66. The van der Waals surface area contributed by atoms with Gasteiger partial charge in [-0.1, -0.05) is 38.1 Å². The first-order valence-electron chi connectivity index (χ1n) is 6.92. The van der Waals surface area contributed by atoms with Crippen molar-refractivity contribution in [1.29, 1.82) is 0 Å². The summed E-state index contributed by atoms with van der Waals surface area (Å²) in [5.74, 6) is 0. The smallest absolute Gasteiger partial charge is 0.115 e. The normalized spacial score (nSPS) is 12.3. The van der Waals surface area contributed by atoms with E-state index in [2.05, 4.69) is 53.4 Å². The van der Waals surface area contributed by atoms with Crippen LogP contribution in [0.2, 0.25) is 0 Å². The van der Waals surface area contributed by atoms with Crippen LogP contribution in [0.4, 0.5) is 0 Å². The molecule has 0 saturated carbocycles. The molecule has 1 aromatic carbocycles. The zero-order valence-electron chi connectivity index (χ0n) is 11.6. The zero-order valence-corrected chi connectivity index (χ0v) is 11.6. The van der Waals surface area contributed by atoms with Crippen molar-refractivity contribution in [3.63, 3.8) is 0 Å². The van der Waals surface area contributed by atoms with Gasteiger partial charge in [-0.25, -0.2) is 9.97 Å². The van der Waals surface area contributed by atoms with Crippen LogP contribution >= 0.6 is 0 Å². The third-order valence-electron chi connectivity index (χ3n) is 3.20. The SMILES string of the molecule is CCCNC(c1cncnc1)c1cccc(CC)c1. The van der Waals surface area contributed by atoms with E-state index in [0.29, 0.717) is 0 Å². The van der Waals surface area contributed by atoms with E-state index in [0.717, 1.165) is 24.9 Å². The Morgan fingerprint density at radius 2 is 1.89 bits per heavy atom. The Labute approximate surface area is 115 Å². The lowest BCUT2D eigenvalue weighted by molar-refractivity contribution is 0.594. The predicted octanol–water partition coefficient (Wildman–Crippen LogP) is 3.13. The third kappa shape index (κ3) is 3.61. The Morgan fingerprint density at radius 3 is 2.58 bits per heavy atom. The molecule has 0 amide bonds. The van der Waals surface area contributed by atoms with Gasteiger partial charge in [0.2, 0.25) is 0 Å². The molecule has 0 spiro atoms. The van der Waals surface area contributed by atoms with Crippen LogP contribution in [0.3, 0.4) is 0 Å². The van der Waals surface area contributed by atoms with Gasteiger partial charge < -0.3 is 5.32 Å². The Kier molecular flexibility index (Phi) is 5.04. The van der Waals surface area contributed by atoms with E-state index in [4.69, 9.17) is 0 Å². The molecule has 1 N–H and O–H groups in total. The lowest BCUT2D eigenvalue weighted by Gasteiger charge is -2.19. The molecule has 0 aliphatic heterocycles. The quantitative estimate of drug-likeness (QED) is 0.861. The second-order valence-corrected chi connectivity index (χ2v) is 4.66. The van der Waals surface area contributed by atoms with Crippen LogP contribution in [0.15, 0.2) is 43.0 Å². The van der Waals surface area contributed by atoms with Gasteiger partial charge in [0, 0.05) is 18.0 Å². The van der Waals surface area contributed by atoms with Crippen molar-refractivity contribution in [3.05, 3.63) is 59.7 Å². The first kappa shape index (κ1) is 13.7. The Morgan fingerprint density at radius 1 is 1.11 bits per heavy atom. The third-order valence-corrected chi connectivity index (χ3v) is 3.20. The van der Waals surface area contributed by atoms with Crippen molar-refractivity contribution in [3.8, 4) is 0 Å². The summed E-state index contributed by atoms with van der Waals surface area (Å²) in [5.41, 5.74) is 3.75. The largest absolute Gasteiger partial charge is 0.306 e. The molecule has 1 heterocycles. The minimum Gasteiger partial charge on any atom is -0.306 e. The molecule has 0 aliphatic carbocycles. The standard InChI is InChI=1S/C16H21N3/c1-3-8-19-16(15-10-17-12-18-11-15)14-7-5-6-13(4-2)9-14/h5-7,9-12,16,19H,3-4,8H2,1-2H3. The van der Waals surface area contributed by atoms with Gasteiger partial charge >= 0.3 is 0 Å². The van der Waals surface area contributed by atoms with Gasteiger partial charge in [0.15, 0.2) is 0 Å². The van der Waals surface area contributed by atoms with Crippen LogP contribution in [0, 0.1) is 0 Å². The lowest BCUT2D eigenvalue weighted by Crippen LogP contribution is -2.23. The van der Waals surface area contributed by atoms with Crippen LogP contribution in [0.1, 0.15) is 43.0 Å². The minimum atomic E-state index is 0.174. The van der Waals surface area contributed by atoms with Gasteiger partial charge in [-0.2, -0.15) is 0 Å². The molecule has 0 radical (unpaired) electrons. The number of nitrogens with zero attached hydrogens (tertiary/aromatic N) is 2. The summed E-state index contributed by atoms with van der Waals surface area (Å²) in [7, 11) is 0. The number of nitrogens with one attached hydrogen (secondary N) is 1. The van der Waals surface area contributed by atoms with Gasteiger partial charge in [0.1, 0.15) is 6.33 Å². The molecule has 1 atom stereocenters. The average Bonchev–Trinajstić information content (AvgIpc) is 2.49. The van der Waals surface area contributed by atoms with E-state index in [1.807, 2.05) is 12.4 Å². The summed E-state index contributed by atoms with van der Waals surface area (Å²) in [6, 6.07) is 8.90. The van der Waals surface area contributed by atoms with E-state index in [-0.39, 0.29) is 6.04 Å². The van der Waals surface area contributed by atoms with Gasteiger partial charge in [-0.15, -0.1) is 0 Å². The number of hydrogen-bond acceptors (Lipinski definition) is 3. The molecular formula is C16H21N3. The first-order chi connectivity index (χ1) is 9.35. The highest BCUT2D eigenvalue weighted by atomic mass is 14.9. The topological polar surface area (TPSA) is 37.8 Å². The number of benzene rings is 1. The van der Waals surface area contributed by atoms with Crippen molar-refractivity contribution in [2.24, 2.45) is 0 Å². The Hall–Kier alpha value is -1.74. The monoisotopic (exact) mass is 255 g/mol. The molecule has 0 saturated heterocycles. The summed E-state index contributed by atoms with van der Waals surface area (Å²) in [5, 5.41) is 3.57.